The van der Waals surface area contributed by atoms with E-state index < -0.39 is 25.0 Å². The van der Waals surface area contributed by atoms with E-state index in [1.165, 1.54) is 0 Å². The number of hydrogen-bond acceptors (Lipinski definition) is 5. The Balaban J connectivity index is 1.86. The summed E-state index contributed by atoms with van der Waals surface area (Å²) in [6.45, 7) is 9.53. The van der Waals surface area contributed by atoms with Crippen LogP contribution in [0.15, 0.2) is 51.4 Å². The summed E-state index contributed by atoms with van der Waals surface area (Å²) in [6.07, 6.45) is 0.787. The summed E-state index contributed by atoms with van der Waals surface area (Å²) < 4.78 is 13.7. The van der Waals surface area contributed by atoms with Crippen LogP contribution in [-0.4, -0.2) is 56.2 Å². The second kappa shape index (κ2) is 14.8. The molecule has 3 rings (SSSR count). The van der Waals surface area contributed by atoms with Crippen molar-refractivity contribution in [2.24, 2.45) is 5.92 Å². The third kappa shape index (κ3) is 9.35. The van der Waals surface area contributed by atoms with Gasteiger partial charge in [-0.15, -0.1) is 0 Å². The fourth-order valence-corrected chi connectivity index (χ4v) is 5.73. The summed E-state index contributed by atoms with van der Waals surface area (Å²) in [4.78, 5) is 27.1. The van der Waals surface area contributed by atoms with E-state index in [2.05, 4.69) is 61.7 Å². The number of carbonyl (C=O) groups is 2. The minimum Gasteiger partial charge on any atom is -0.406 e. The maximum atomic E-state index is 13.8. The van der Waals surface area contributed by atoms with Crippen molar-refractivity contribution in [2.75, 3.05) is 13.1 Å². The average molecular weight is 672 g/mol. The molecule has 1 heterocycles. The predicted molar refractivity (Wildman–Crippen MR) is 159 cm³/mol. The molecule has 7 nitrogen and oxygen atoms in total. The quantitative estimate of drug-likeness (QED) is 0.253. The van der Waals surface area contributed by atoms with Gasteiger partial charge in [-0.3, -0.25) is 9.59 Å². The maximum absolute atomic E-state index is 13.8. The molecule has 1 fully saturated rings. The number of amides is 2. The number of halogens is 3. The number of nitrogens with one attached hydrogen (secondary N) is 3. The van der Waals surface area contributed by atoms with Crippen LogP contribution >= 0.6 is 43.5 Å². The van der Waals surface area contributed by atoms with E-state index in [0.29, 0.717) is 34.9 Å². The molecule has 38 heavy (non-hydrogen) atoms. The standard InChI is InChI=1S/C27H35BBr2ClN3O4/c1-16(2)10-24(28-37-17(3)14-32-15-18(4)38-28)34-27(36)23(11-19-8-6-5-7-9-19)33-26(35)21-12-20(29)13-22(30)25(21)31/h5-9,12-13,16-18,23-24,32H,10-11,14-15H2,1-4H3,(H,33,35)(H,34,36)/t17?,18?,23-,24-/m0/s1. The van der Waals surface area contributed by atoms with Crippen molar-refractivity contribution in [3.8, 4) is 0 Å². The zero-order chi connectivity index (χ0) is 27.8. The van der Waals surface area contributed by atoms with Crippen molar-refractivity contribution in [1.29, 1.82) is 0 Å². The first-order valence-corrected chi connectivity index (χ1v) is 14.8. The summed E-state index contributed by atoms with van der Waals surface area (Å²) in [6, 6.07) is 12.1. The number of benzene rings is 2. The SMILES string of the molecule is CC(C)C[C@H](NC(=O)[C@H](Cc1ccccc1)NC(=O)c1cc(Br)cc(Br)c1Cl)B1OC(C)CNCC(C)O1. The molecule has 206 valence electrons. The zero-order valence-electron chi connectivity index (χ0n) is 22.1. The average Bonchev–Trinajstić information content (AvgIpc) is 2.84. The van der Waals surface area contributed by atoms with Gasteiger partial charge < -0.3 is 25.3 Å². The van der Waals surface area contributed by atoms with Crippen LogP contribution < -0.4 is 16.0 Å². The predicted octanol–water partition coefficient (Wildman–Crippen LogP) is 5.18. The van der Waals surface area contributed by atoms with E-state index in [4.69, 9.17) is 20.9 Å². The fraction of sp³-hybridized carbons (Fsp3) is 0.481. The summed E-state index contributed by atoms with van der Waals surface area (Å²) in [5, 5.41) is 9.65. The molecule has 1 aliphatic heterocycles. The largest absolute Gasteiger partial charge is 0.481 e. The van der Waals surface area contributed by atoms with Gasteiger partial charge in [-0.2, -0.15) is 0 Å². The van der Waals surface area contributed by atoms with Crippen LogP contribution in [-0.2, 0) is 20.5 Å². The second-order valence-electron chi connectivity index (χ2n) is 10.1. The van der Waals surface area contributed by atoms with Gasteiger partial charge in [0.1, 0.15) is 6.04 Å². The molecule has 1 aliphatic rings. The van der Waals surface area contributed by atoms with Crippen LogP contribution in [0.3, 0.4) is 0 Å². The van der Waals surface area contributed by atoms with Crippen LogP contribution in [0.25, 0.3) is 0 Å². The van der Waals surface area contributed by atoms with Gasteiger partial charge in [0.05, 0.1) is 28.7 Å². The molecule has 0 spiro atoms. The molecule has 0 aliphatic carbocycles. The second-order valence-corrected chi connectivity index (χ2v) is 12.3. The lowest BCUT2D eigenvalue weighted by Gasteiger charge is -2.33. The van der Waals surface area contributed by atoms with Crippen molar-refractivity contribution in [3.05, 3.63) is 67.6 Å². The van der Waals surface area contributed by atoms with Crippen molar-refractivity contribution < 1.29 is 18.9 Å². The lowest BCUT2D eigenvalue weighted by molar-refractivity contribution is -0.123. The monoisotopic (exact) mass is 669 g/mol. The Morgan fingerprint density at radius 3 is 2.32 bits per heavy atom. The molecular formula is C27H35BBr2ClN3O4. The molecule has 2 aromatic rings. The minimum absolute atomic E-state index is 0.0870. The van der Waals surface area contributed by atoms with Crippen LogP contribution in [0.5, 0.6) is 0 Å². The van der Waals surface area contributed by atoms with Crippen LogP contribution in [0.4, 0.5) is 0 Å². The lowest BCUT2D eigenvalue weighted by Crippen LogP contribution is -2.58. The van der Waals surface area contributed by atoms with Crippen molar-refractivity contribution >= 4 is 62.4 Å². The number of hydrogen-bond donors (Lipinski definition) is 3. The molecule has 11 heteroatoms. The number of carbonyl (C=O) groups excluding carboxylic acids is 2. The Morgan fingerprint density at radius 1 is 1.08 bits per heavy atom. The third-order valence-corrected chi connectivity index (χ3v) is 7.84. The molecule has 2 unspecified atom stereocenters. The molecule has 4 atom stereocenters. The Hall–Kier alpha value is -1.43. The normalized spacial score (nSPS) is 19.8. The molecule has 0 bridgehead atoms. The molecule has 0 radical (unpaired) electrons. The summed E-state index contributed by atoms with van der Waals surface area (Å²) >= 11 is 13.2. The Kier molecular flexibility index (Phi) is 12.1. The smallest absolute Gasteiger partial charge is 0.406 e. The first kappa shape index (κ1) is 31.1. The molecule has 2 amide bonds. The maximum Gasteiger partial charge on any atom is 0.481 e. The highest BCUT2D eigenvalue weighted by atomic mass is 79.9. The Morgan fingerprint density at radius 2 is 1.71 bits per heavy atom. The molecular weight excluding hydrogens is 636 g/mol. The Bertz CT molecular complexity index is 1080. The summed E-state index contributed by atoms with van der Waals surface area (Å²) in [5.74, 6) is -0.878. The van der Waals surface area contributed by atoms with Gasteiger partial charge in [0.15, 0.2) is 0 Å². The molecule has 3 N–H and O–H groups in total. The topological polar surface area (TPSA) is 88.7 Å². The van der Waals surface area contributed by atoms with Gasteiger partial charge in [0.2, 0.25) is 5.91 Å². The van der Waals surface area contributed by atoms with Gasteiger partial charge in [0.25, 0.3) is 5.91 Å². The van der Waals surface area contributed by atoms with E-state index in [1.807, 2.05) is 44.2 Å². The fourth-order valence-electron chi connectivity index (χ4n) is 4.31. The van der Waals surface area contributed by atoms with Crippen molar-refractivity contribution in [2.45, 2.75) is 64.7 Å². The van der Waals surface area contributed by atoms with Gasteiger partial charge in [-0.25, -0.2) is 0 Å². The van der Waals surface area contributed by atoms with Crippen LogP contribution in [0.2, 0.25) is 5.02 Å². The highest BCUT2D eigenvalue weighted by Gasteiger charge is 2.37. The molecule has 0 saturated carbocycles. The van der Waals surface area contributed by atoms with Gasteiger partial charge >= 0.3 is 7.12 Å². The van der Waals surface area contributed by atoms with E-state index in [0.717, 1.165) is 5.56 Å². The summed E-state index contributed by atoms with van der Waals surface area (Å²) in [5.41, 5.74) is 1.18. The van der Waals surface area contributed by atoms with Crippen LogP contribution in [0.1, 0.15) is 50.0 Å². The lowest BCUT2D eigenvalue weighted by atomic mass is 9.72. The summed E-state index contributed by atoms with van der Waals surface area (Å²) in [7, 11) is -0.614. The molecule has 0 aromatic heterocycles. The van der Waals surface area contributed by atoms with Gasteiger partial charge in [-0.05, 0) is 59.8 Å². The van der Waals surface area contributed by atoms with E-state index in [1.54, 1.807) is 12.1 Å². The highest BCUT2D eigenvalue weighted by Crippen LogP contribution is 2.30. The van der Waals surface area contributed by atoms with Crippen LogP contribution in [0, 0.1) is 5.92 Å². The highest BCUT2D eigenvalue weighted by molar-refractivity contribution is 9.11. The Labute approximate surface area is 247 Å². The van der Waals surface area contributed by atoms with Crippen molar-refractivity contribution in [1.82, 2.24) is 16.0 Å². The minimum atomic E-state index is -0.849. The number of rotatable bonds is 9. The van der Waals surface area contributed by atoms with E-state index in [9.17, 15) is 9.59 Å². The molecule has 1 saturated heterocycles. The zero-order valence-corrected chi connectivity index (χ0v) is 26.0. The van der Waals surface area contributed by atoms with Gasteiger partial charge in [-0.1, -0.05) is 71.7 Å². The van der Waals surface area contributed by atoms with E-state index in [-0.39, 0.29) is 34.6 Å². The third-order valence-electron chi connectivity index (χ3n) is 6.12. The first-order valence-electron chi connectivity index (χ1n) is 12.8. The molecule has 2 aromatic carbocycles. The van der Waals surface area contributed by atoms with Gasteiger partial charge in [0, 0.05) is 28.5 Å². The van der Waals surface area contributed by atoms with E-state index >= 15 is 0 Å². The first-order chi connectivity index (χ1) is 18.0. The van der Waals surface area contributed by atoms with Crippen molar-refractivity contribution in [3.63, 3.8) is 0 Å².